The number of nitrogen functional groups attached to an aromatic ring is 1. The van der Waals surface area contributed by atoms with Crippen molar-refractivity contribution in [2.45, 2.75) is 17.6 Å². The molecule has 18 heavy (non-hydrogen) atoms. The molecule has 0 bridgehead atoms. The van der Waals surface area contributed by atoms with Gasteiger partial charge in [0.2, 0.25) is 0 Å². The minimum absolute atomic E-state index is 0.451. The maximum Gasteiger partial charge on any atom is 0.129 e. The Morgan fingerprint density at radius 3 is 2.72 bits per heavy atom. The summed E-state index contributed by atoms with van der Waals surface area (Å²) >= 11 is 13.5. The highest BCUT2D eigenvalue weighted by atomic mass is 35.5. The molecule has 0 aliphatic carbocycles. The number of rotatable bonds is 3. The van der Waals surface area contributed by atoms with Crippen molar-refractivity contribution in [3.8, 4) is 0 Å². The first-order valence-corrected chi connectivity index (χ1v) is 7.10. The highest BCUT2D eigenvalue weighted by Crippen LogP contribution is 2.30. The molecular weight excluding hydrogens is 287 g/mol. The van der Waals surface area contributed by atoms with Crippen molar-refractivity contribution in [1.29, 1.82) is 0 Å². The van der Waals surface area contributed by atoms with Crippen LogP contribution in [-0.4, -0.2) is 4.98 Å². The standard InChI is InChI=1S/C13H12Cl2N2S/c1-8-2-4-12(10(16)6-8)18-7-11-9(14)3-5-13(15)17-11/h2-6H,7,16H2,1H3. The number of nitrogens with zero attached hydrogens (tertiary/aromatic N) is 1. The summed E-state index contributed by atoms with van der Waals surface area (Å²) < 4.78 is 0. The van der Waals surface area contributed by atoms with E-state index >= 15 is 0 Å². The van der Waals surface area contributed by atoms with E-state index in [1.54, 1.807) is 23.9 Å². The Hall–Kier alpha value is -0.900. The Balaban J connectivity index is 2.13. The van der Waals surface area contributed by atoms with Crippen LogP contribution in [0, 0.1) is 6.92 Å². The van der Waals surface area contributed by atoms with E-state index in [9.17, 15) is 0 Å². The van der Waals surface area contributed by atoms with E-state index in [0.29, 0.717) is 15.9 Å². The molecule has 0 aliphatic rings. The predicted molar refractivity (Wildman–Crippen MR) is 79.4 cm³/mol. The van der Waals surface area contributed by atoms with Gasteiger partial charge in [0, 0.05) is 16.3 Å². The summed E-state index contributed by atoms with van der Waals surface area (Å²) in [5, 5.41) is 1.07. The molecule has 1 aromatic heterocycles. The number of halogens is 2. The van der Waals surface area contributed by atoms with Gasteiger partial charge in [-0.2, -0.15) is 0 Å². The van der Waals surface area contributed by atoms with E-state index < -0.39 is 0 Å². The van der Waals surface area contributed by atoms with E-state index in [4.69, 9.17) is 28.9 Å². The van der Waals surface area contributed by atoms with E-state index in [1.807, 2.05) is 25.1 Å². The fourth-order valence-corrected chi connectivity index (χ4v) is 2.82. The lowest BCUT2D eigenvalue weighted by Gasteiger charge is -2.07. The molecule has 2 aromatic rings. The number of hydrogen-bond acceptors (Lipinski definition) is 3. The van der Waals surface area contributed by atoms with Gasteiger partial charge < -0.3 is 5.73 Å². The number of hydrogen-bond donors (Lipinski definition) is 1. The molecule has 5 heteroatoms. The van der Waals surface area contributed by atoms with Gasteiger partial charge in [-0.15, -0.1) is 11.8 Å². The van der Waals surface area contributed by atoms with Gasteiger partial charge in [-0.3, -0.25) is 0 Å². The number of thioether (sulfide) groups is 1. The summed E-state index contributed by atoms with van der Waals surface area (Å²) in [6.07, 6.45) is 0. The molecule has 1 heterocycles. The summed E-state index contributed by atoms with van der Waals surface area (Å²) in [6.45, 7) is 2.01. The average Bonchev–Trinajstić information content (AvgIpc) is 2.32. The first-order chi connectivity index (χ1) is 8.56. The maximum absolute atomic E-state index is 6.06. The topological polar surface area (TPSA) is 38.9 Å². The van der Waals surface area contributed by atoms with Crippen molar-refractivity contribution in [2.24, 2.45) is 0 Å². The molecule has 0 saturated carbocycles. The van der Waals surface area contributed by atoms with Gasteiger partial charge in [-0.1, -0.05) is 29.3 Å². The molecule has 0 aliphatic heterocycles. The summed E-state index contributed by atoms with van der Waals surface area (Å²) in [5.41, 5.74) is 8.65. The van der Waals surface area contributed by atoms with Crippen LogP contribution in [0.4, 0.5) is 5.69 Å². The Morgan fingerprint density at radius 1 is 1.22 bits per heavy atom. The number of benzene rings is 1. The lowest BCUT2D eigenvalue weighted by molar-refractivity contribution is 1.17. The van der Waals surface area contributed by atoms with E-state index in [2.05, 4.69) is 4.98 Å². The number of aryl methyl sites for hydroxylation is 1. The third-order valence-electron chi connectivity index (χ3n) is 2.41. The molecule has 0 saturated heterocycles. The molecular formula is C13H12Cl2N2S. The second kappa shape index (κ2) is 5.83. The molecule has 0 spiro atoms. The largest absolute Gasteiger partial charge is 0.398 e. The first kappa shape index (κ1) is 13.5. The monoisotopic (exact) mass is 298 g/mol. The van der Waals surface area contributed by atoms with Crippen molar-refractivity contribution in [1.82, 2.24) is 4.98 Å². The summed E-state index contributed by atoms with van der Waals surface area (Å²) in [6, 6.07) is 9.43. The van der Waals surface area contributed by atoms with Crippen LogP contribution in [0.25, 0.3) is 0 Å². The molecule has 2 N–H and O–H groups in total. The highest BCUT2D eigenvalue weighted by molar-refractivity contribution is 7.98. The van der Waals surface area contributed by atoms with Crippen molar-refractivity contribution in [3.63, 3.8) is 0 Å². The molecule has 0 fully saturated rings. The van der Waals surface area contributed by atoms with E-state index in [0.717, 1.165) is 21.8 Å². The van der Waals surface area contributed by atoms with Crippen LogP contribution < -0.4 is 5.73 Å². The van der Waals surface area contributed by atoms with Gasteiger partial charge in [0.05, 0.1) is 10.7 Å². The zero-order chi connectivity index (χ0) is 13.1. The van der Waals surface area contributed by atoms with Crippen molar-refractivity contribution in [2.75, 3.05) is 5.73 Å². The average molecular weight is 299 g/mol. The minimum atomic E-state index is 0.451. The van der Waals surface area contributed by atoms with Gasteiger partial charge in [0.25, 0.3) is 0 Å². The third-order valence-corrected chi connectivity index (χ3v) is 4.07. The number of nitrogens with two attached hydrogens (primary N) is 1. The fourth-order valence-electron chi connectivity index (χ4n) is 1.50. The molecule has 2 nitrogen and oxygen atoms in total. The Kier molecular flexibility index (Phi) is 4.38. The smallest absolute Gasteiger partial charge is 0.129 e. The lowest BCUT2D eigenvalue weighted by Crippen LogP contribution is -1.92. The van der Waals surface area contributed by atoms with Crippen LogP contribution in [0.1, 0.15) is 11.3 Å². The highest BCUT2D eigenvalue weighted by Gasteiger charge is 2.06. The van der Waals surface area contributed by atoms with Crippen LogP contribution >= 0.6 is 35.0 Å². The van der Waals surface area contributed by atoms with Crippen LogP contribution in [0.5, 0.6) is 0 Å². The molecule has 1 aromatic carbocycles. The van der Waals surface area contributed by atoms with Gasteiger partial charge >= 0.3 is 0 Å². The molecule has 0 atom stereocenters. The van der Waals surface area contributed by atoms with Gasteiger partial charge in [0.15, 0.2) is 0 Å². The molecule has 94 valence electrons. The SMILES string of the molecule is Cc1ccc(SCc2nc(Cl)ccc2Cl)c(N)c1. The van der Waals surface area contributed by atoms with Crippen molar-refractivity contribution in [3.05, 3.63) is 51.8 Å². The number of aromatic nitrogens is 1. The molecule has 0 radical (unpaired) electrons. The van der Waals surface area contributed by atoms with Gasteiger partial charge in [0.1, 0.15) is 5.15 Å². The third kappa shape index (κ3) is 3.31. The van der Waals surface area contributed by atoms with E-state index in [1.165, 1.54) is 0 Å². The second-order valence-electron chi connectivity index (χ2n) is 3.89. The van der Waals surface area contributed by atoms with E-state index in [-0.39, 0.29) is 0 Å². The quantitative estimate of drug-likeness (QED) is 0.512. The Morgan fingerprint density at radius 2 is 2.00 bits per heavy atom. The van der Waals surface area contributed by atoms with Crippen molar-refractivity contribution >= 4 is 40.7 Å². The van der Waals surface area contributed by atoms with Gasteiger partial charge in [-0.05, 0) is 36.8 Å². The van der Waals surface area contributed by atoms with Crippen LogP contribution in [-0.2, 0) is 5.75 Å². The second-order valence-corrected chi connectivity index (χ2v) is 5.70. The molecule has 0 amide bonds. The minimum Gasteiger partial charge on any atom is -0.398 e. The van der Waals surface area contributed by atoms with Crippen LogP contribution in [0.15, 0.2) is 35.2 Å². The molecule has 2 rings (SSSR count). The number of pyridine rings is 1. The predicted octanol–water partition coefficient (Wildman–Crippen LogP) is 4.57. The van der Waals surface area contributed by atoms with Crippen molar-refractivity contribution < 1.29 is 0 Å². The normalized spacial score (nSPS) is 10.6. The molecule has 0 unspecified atom stereocenters. The Labute approximate surface area is 121 Å². The summed E-state index contributed by atoms with van der Waals surface area (Å²) in [7, 11) is 0. The van der Waals surface area contributed by atoms with Crippen LogP contribution in [0.2, 0.25) is 10.2 Å². The zero-order valence-corrected chi connectivity index (χ0v) is 12.1. The maximum atomic E-state index is 6.06. The summed E-state index contributed by atoms with van der Waals surface area (Å²) in [5.74, 6) is 0.645. The summed E-state index contributed by atoms with van der Waals surface area (Å²) in [4.78, 5) is 5.23. The van der Waals surface area contributed by atoms with Gasteiger partial charge in [-0.25, -0.2) is 4.98 Å². The zero-order valence-electron chi connectivity index (χ0n) is 9.78. The number of anilines is 1. The first-order valence-electron chi connectivity index (χ1n) is 5.36. The Bertz CT molecular complexity index is 573. The van der Waals surface area contributed by atoms with Crippen LogP contribution in [0.3, 0.4) is 0 Å². The fraction of sp³-hybridized carbons (Fsp3) is 0.154. The lowest BCUT2D eigenvalue weighted by atomic mass is 10.2.